The van der Waals surface area contributed by atoms with Crippen LogP contribution in [0.2, 0.25) is 0 Å². The molecule has 0 spiro atoms. The topological polar surface area (TPSA) is 71.1 Å². The molecule has 2 amide bonds. The van der Waals surface area contributed by atoms with Crippen molar-refractivity contribution in [3.05, 3.63) is 65.2 Å². The number of carbonyl (C=O) groups is 2. The highest BCUT2D eigenvalue weighted by atomic mass is 19.2. The first-order valence-corrected chi connectivity index (χ1v) is 6.61. The van der Waals surface area contributed by atoms with Crippen molar-refractivity contribution in [1.82, 2.24) is 15.6 Å². The summed E-state index contributed by atoms with van der Waals surface area (Å²) >= 11 is 0. The van der Waals surface area contributed by atoms with Crippen molar-refractivity contribution in [3.63, 3.8) is 0 Å². The fraction of sp³-hybridized carbons (Fsp3) is 0.133. The second-order valence-electron chi connectivity index (χ2n) is 4.45. The Morgan fingerprint density at radius 2 is 1.61 bits per heavy atom. The van der Waals surface area contributed by atoms with E-state index in [0.29, 0.717) is 6.07 Å². The summed E-state index contributed by atoms with van der Waals surface area (Å²) in [4.78, 5) is 27.2. The molecule has 2 rings (SSSR count). The fourth-order valence-electron chi connectivity index (χ4n) is 1.74. The standard InChI is InChI=1S/C15H12F3N3O2/c16-10-5-4-9(12(17)13(10)18)14(22)20-7-8-21-15(23)11-3-1-2-6-19-11/h1-6H,7-8H2,(H,20,22)(H,21,23). The third-order valence-corrected chi connectivity index (χ3v) is 2.87. The third kappa shape index (κ3) is 4.06. The molecule has 2 N–H and O–H groups in total. The number of nitrogens with zero attached hydrogens (tertiary/aromatic N) is 1. The molecule has 2 aromatic rings. The van der Waals surface area contributed by atoms with Crippen molar-refractivity contribution in [3.8, 4) is 0 Å². The highest BCUT2D eigenvalue weighted by Crippen LogP contribution is 2.14. The van der Waals surface area contributed by atoms with Crippen LogP contribution in [0.25, 0.3) is 0 Å². The number of pyridine rings is 1. The van der Waals surface area contributed by atoms with Gasteiger partial charge in [-0.05, 0) is 24.3 Å². The van der Waals surface area contributed by atoms with E-state index in [1.165, 1.54) is 12.3 Å². The van der Waals surface area contributed by atoms with Gasteiger partial charge >= 0.3 is 0 Å². The third-order valence-electron chi connectivity index (χ3n) is 2.87. The molecule has 0 fully saturated rings. The van der Waals surface area contributed by atoms with Crippen LogP contribution < -0.4 is 10.6 Å². The maximum absolute atomic E-state index is 13.4. The van der Waals surface area contributed by atoms with Crippen LogP contribution in [0.4, 0.5) is 13.2 Å². The van der Waals surface area contributed by atoms with Gasteiger partial charge in [0.15, 0.2) is 17.5 Å². The van der Waals surface area contributed by atoms with Crippen LogP contribution in [0.5, 0.6) is 0 Å². The van der Waals surface area contributed by atoms with Gasteiger partial charge in [0.2, 0.25) is 0 Å². The van der Waals surface area contributed by atoms with Crippen molar-refractivity contribution < 1.29 is 22.8 Å². The number of halogens is 3. The molecule has 23 heavy (non-hydrogen) atoms. The molecule has 0 bridgehead atoms. The van der Waals surface area contributed by atoms with Gasteiger partial charge in [-0.2, -0.15) is 0 Å². The van der Waals surface area contributed by atoms with Crippen LogP contribution in [-0.4, -0.2) is 29.9 Å². The van der Waals surface area contributed by atoms with Crippen molar-refractivity contribution >= 4 is 11.8 Å². The second-order valence-corrected chi connectivity index (χ2v) is 4.45. The van der Waals surface area contributed by atoms with Gasteiger partial charge in [0.05, 0.1) is 5.56 Å². The average molecular weight is 323 g/mol. The van der Waals surface area contributed by atoms with Gasteiger partial charge in [-0.25, -0.2) is 13.2 Å². The van der Waals surface area contributed by atoms with Crippen LogP contribution >= 0.6 is 0 Å². The normalized spacial score (nSPS) is 10.2. The lowest BCUT2D eigenvalue weighted by molar-refractivity contribution is 0.0922. The van der Waals surface area contributed by atoms with E-state index in [2.05, 4.69) is 15.6 Å². The van der Waals surface area contributed by atoms with Gasteiger partial charge in [-0.1, -0.05) is 6.07 Å². The summed E-state index contributed by atoms with van der Waals surface area (Å²) in [5.41, 5.74) is -0.398. The molecule has 0 unspecified atom stereocenters. The molecule has 1 aromatic heterocycles. The minimum atomic E-state index is -1.71. The Kier molecular flexibility index (Phi) is 5.29. The van der Waals surface area contributed by atoms with Gasteiger partial charge in [-0.15, -0.1) is 0 Å². The highest BCUT2D eigenvalue weighted by molar-refractivity contribution is 5.94. The minimum Gasteiger partial charge on any atom is -0.350 e. The largest absolute Gasteiger partial charge is 0.350 e. The molecule has 1 heterocycles. The number of rotatable bonds is 5. The summed E-state index contributed by atoms with van der Waals surface area (Å²) in [6.07, 6.45) is 1.46. The van der Waals surface area contributed by atoms with Crippen LogP contribution in [0.1, 0.15) is 20.8 Å². The molecule has 0 saturated carbocycles. The predicted octanol–water partition coefficient (Wildman–Crippen LogP) is 1.66. The van der Waals surface area contributed by atoms with Crippen LogP contribution in [0.15, 0.2) is 36.5 Å². The predicted molar refractivity (Wildman–Crippen MR) is 75.2 cm³/mol. The lowest BCUT2D eigenvalue weighted by Crippen LogP contribution is -2.35. The smallest absolute Gasteiger partial charge is 0.269 e. The molecule has 0 atom stereocenters. The van der Waals surface area contributed by atoms with Gasteiger partial charge < -0.3 is 10.6 Å². The first kappa shape index (κ1) is 16.5. The zero-order valence-corrected chi connectivity index (χ0v) is 11.8. The molecule has 0 radical (unpaired) electrons. The zero-order chi connectivity index (χ0) is 16.8. The Balaban J connectivity index is 1.84. The minimum absolute atomic E-state index is 0.0180. The Bertz CT molecular complexity index is 723. The molecular weight excluding hydrogens is 311 g/mol. The number of nitrogens with one attached hydrogen (secondary N) is 2. The lowest BCUT2D eigenvalue weighted by atomic mass is 10.2. The van der Waals surface area contributed by atoms with E-state index in [4.69, 9.17) is 0 Å². The quantitative estimate of drug-likeness (QED) is 0.649. The van der Waals surface area contributed by atoms with Crippen molar-refractivity contribution in [2.45, 2.75) is 0 Å². The molecule has 0 aliphatic heterocycles. The highest BCUT2D eigenvalue weighted by Gasteiger charge is 2.18. The molecule has 120 valence electrons. The Hall–Kier alpha value is -2.90. The monoisotopic (exact) mass is 323 g/mol. The summed E-state index contributed by atoms with van der Waals surface area (Å²) in [6, 6.07) is 6.33. The number of carbonyl (C=O) groups excluding carboxylic acids is 2. The van der Waals surface area contributed by atoms with Crippen LogP contribution in [0, 0.1) is 17.5 Å². The number of hydrogen-bond donors (Lipinski definition) is 2. The Labute approximate surface area is 129 Å². The number of hydrogen-bond acceptors (Lipinski definition) is 3. The molecular formula is C15H12F3N3O2. The first-order chi connectivity index (χ1) is 11.0. The Morgan fingerprint density at radius 1 is 0.913 bits per heavy atom. The maximum Gasteiger partial charge on any atom is 0.269 e. The number of benzene rings is 1. The fourth-order valence-corrected chi connectivity index (χ4v) is 1.74. The SMILES string of the molecule is O=C(NCCNC(=O)c1ccc(F)c(F)c1F)c1ccccn1. The van der Waals surface area contributed by atoms with E-state index < -0.39 is 34.8 Å². The van der Waals surface area contributed by atoms with E-state index >= 15 is 0 Å². The summed E-state index contributed by atoms with van der Waals surface area (Å²) in [6.45, 7) is 0.0439. The molecule has 0 aliphatic rings. The van der Waals surface area contributed by atoms with Crippen molar-refractivity contribution in [1.29, 1.82) is 0 Å². The van der Waals surface area contributed by atoms with E-state index in [1.807, 2.05) is 0 Å². The first-order valence-electron chi connectivity index (χ1n) is 6.61. The van der Waals surface area contributed by atoms with Gasteiger partial charge in [-0.3, -0.25) is 14.6 Å². The number of aromatic nitrogens is 1. The summed E-state index contributed by atoms with van der Waals surface area (Å²) in [5, 5.41) is 4.79. The van der Waals surface area contributed by atoms with E-state index in [9.17, 15) is 22.8 Å². The van der Waals surface area contributed by atoms with E-state index in [-0.39, 0.29) is 18.8 Å². The van der Waals surface area contributed by atoms with Crippen molar-refractivity contribution in [2.24, 2.45) is 0 Å². The number of amides is 2. The van der Waals surface area contributed by atoms with E-state index in [0.717, 1.165) is 6.07 Å². The second kappa shape index (κ2) is 7.39. The van der Waals surface area contributed by atoms with Crippen LogP contribution in [-0.2, 0) is 0 Å². The van der Waals surface area contributed by atoms with E-state index in [1.54, 1.807) is 12.1 Å². The maximum atomic E-state index is 13.4. The Morgan fingerprint density at radius 3 is 2.26 bits per heavy atom. The summed E-state index contributed by atoms with van der Waals surface area (Å²) in [7, 11) is 0. The molecule has 1 aromatic carbocycles. The molecule has 0 aliphatic carbocycles. The lowest BCUT2D eigenvalue weighted by Gasteiger charge is -2.08. The van der Waals surface area contributed by atoms with Crippen LogP contribution in [0.3, 0.4) is 0 Å². The van der Waals surface area contributed by atoms with Gasteiger partial charge in [0.1, 0.15) is 5.69 Å². The average Bonchev–Trinajstić information content (AvgIpc) is 2.57. The summed E-state index contributed by atoms with van der Waals surface area (Å²) in [5.74, 6) is -5.98. The zero-order valence-electron chi connectivity index (χ0n) is 11.8. The summed E-state index contributed by atoms with van der Waals surface area (Å²) < 4.78 is 39.2. The van der Waals surface area contributed by atoms with Gasteiger partial charge in [0, 0.05) is 19.3 Å². The molecule has 8 heteroatoms. The molecule has 0 saturated heterocycles. The molecule has 5 nitrogen and oxygen atoms in total. The van der Waals surface area contributed by atoms with Crippen molar-refractivity contribution in [2.75, 3.05) is 13.1 Å². The van der Waals surface area contributed by atoms with Gasteiger partial charge in [0.25, 0.3) is 11.8 Å².